The summed E-state index contributed by atoms with van der Waals surface area (Å²) in [6.07, 6.45) is 1.48. The van der Waals surface area contributed by atoms with Gasteiger partial charge in [0.25, 0.3) is 0 Å². The molecule has 0 aliphatic rings. The van der Waals surface area contributed by atoms with E-state index in [0.717, 1.165) is 12.1 Å². The zero-order valence-corrected chi connectivity index (χ0v) is 15.0. The molecule has 11 heteroatoms. The monoisotopic (exact) mass is 417 g/mol. The maximum Gasteiger partial charge on any atom is 0.310 e. The van der Waals surface area contributed by atoms with Crippen LogP contribution in [0, 0.1) is 0 Å². The first-order valence-corrected chi connectivity index (χ1v) is 9.75. The van der Waals surface area contributed by atoms with Crippen LogP contribution >= 0.6 is 10.2 Å². The van der Waals surface area contributed by atoms with E-state index in [-0.39, 0.29) is 5.69 Å². The van der Waals surface area contributed by atoms with Gasteiger partial charge in [-0.25, -0.2) is 4.98 Å². The number of anilines is 4. The third-order valence-electron chi connectivity index (χ3n) is 3.89. The number of nitrogen functional groups attached to an aromatic ring is 2. The minimum Gasteiger partial charge on any atom is -0.397 e. The van der Waals surface area contributed by atoms with Crippen molar-refractivity contribution in [2.24, 2.45) is 5.84 Å². The Hall–Kier alpha value is -3.05. The van der Waals surface area contributed by atoms with Crippen molar-refractivity contribution in [2.75, 3.05) is 16.5 Å². The number of benzene rings is 2. The van der Waals surface area contributed by atoms with Gasteiger partial charge in [-0.1, -0.05) is 25.5 Å². The summed E-state index contributed by atoms with van der Waals surface area (Å²) >= 11 is 0. The molecule has 0 radical (unpaired) electrons. The molecule has 0 aliphatic heterocycles. The van der Waals surface area contributed by atoms with Crippen LogP contribution in [0.15, 0.2) is 65.7 Å². The highest BCUT2D eigenvalue weighted by molar-refractivity contribution is 8.45. The average molecular weight is 417 g/mol. The van der Waals surface area contributed by atoms with Crippen LogP contribution in [0.3, 0.4) is 0 Å². The molecule has 2 aromatic carbocycles. The molecule has 3 aromatic rings. The van der Waals surface area contributed by atoms with Crippen molar-refractivity contribution in [1.82, 2.24) is 4.98 Å². The van der Waals surface area contributed by atoms with Crippen LogP contribution in [0.4, 0.5) is 42.3 Å². The van der Waals surface area contributed by atoms with Crippen molar-refractivity contribution in [1.29, 1.82) is 0 Å². The van der Waals surface area contributed by atoms with Crippen LogP contribution < -0.4 is 22.3 Å². The van der Waals surface area contributed by atoms with Gasteiger partial charge in [0, 0.05) is 17.4 Å². The lowest BCUT2D eigenvalue weighted by molar-refractivity contribution is 0.364. The quantitative estimate of drug-likeness (QED) is 0.177. The largest absolute Gasteiger partial charge is 0.397 e. The molecule has 0 bridgehead atoms. The standard InChI is InChI=1S/C17H16F5N5S/c18-28(19,20,21,22)13-6-4-12(5-7-13)26-17-14(2-1-9-25-17)11-3-8-16(27-24)15(23)10-11/h1-10,27H,23-24H2,(H,25,26). The molecule has 0 atom stereocenters. The highest BCUT2D eigenvalue weighted by Crippen LogP contribution is 3.02. The molecule has 0 saturated heterocycles. The number of hydrogen-bond donors (Lipinski definition) is 4. The molecule has 150 valence electrons. The number of nitrogens with zero attached hydrogens (tertiary/aromatic N) is 1. The molecular formula is C17H16F5N5S. The maximum atomic E-state index is 12.8. The Balaban J connectivity index is 1.94. The number of aromatic nitrogens is 1. The molecule has 0 spiro atoms. The second kappa shape index (κ2) is 5.97. The molecule has 0 amide bonds. The summed E-state index contributed by atoms with van der Waals surface area (Å²) < 4.78 is 64.2. The second-order valence-electron chi connectivity index (χ2n) is 5.96. The van der Waals surface area contributed by atoms with Gasteiger partial charge in [0.2, 0.25) is 0 Å². The van der Waals surface area contributed by atoms with E-state index in [1.54, 1.807) is 30.3 Å². The van der Waals surface area contributed by atoms with E-state index >= 15 is 0 Å². The maximum absolute atomic E-state index is 12.8. The Morgan fingerprint density at radius 3 is 2.14 bits per heavy atom. The molecule has 1 heterocycles. The molecule has 1 aromatic heterocycles. The van der Waals surface area contributed by atoms with Crippen molar-refractivity contribution in [3.63, 3.8) is 0 Å². The lowest BCUT2D eigenvalue weighted by Crippen LogP contribution is -2.09. The van der Waals surface area contributed by atoms with Gasteiger partial charge in [0.15, 0.2) is 0 Å². The number of hydrogen-bond acceptors (Lipinski definition) is 5. The highest BCUT2D eigenvalue weighted by atomic mass is 32.5. The normalized spacial score (nSPS) is 14.1. The Labute approximate surface area is 157 Å². The van der Waals surface area contributed by atoms with Crippen LogP contribution in [0.25, 0.3) is 11.1 Å². The van der Waals surface area contributed by atoms with Crippen molar-refractivity contribution >= 4 is 33.1 Å². The third-order valence-corrected chi connectivity index (χ3v) is 5.05. The van der Waals surface area contributed by atoms with E-state index in [1.165, 1.54) is 6.20 Å². The van der Waals surface area contributed by atoms with Crippen molar-refractivity contribution in [3.05, 3.63) is 60.8 Å². The Bertz CT molecular complexity index is 1020. The summed E-state index contributed by atoms with van der Waals surface area (Å²) in [6.45, 7) is 0. The second-order valence-corrected chi connectivity index (χ2v) is 8.37. The third kappa shape index (κ3) is 4.26. The van der Waals surface area contributed by atoms with Crippen LogP contribution in [-0.4, -0.2) is 4.98 Å². The highest BCUT2D eigenvalue weighted by Gasteiger charge is 2.65. The van der Waals surface area contributed by atoms with E-state index in [4.69, 9.17) is 11.6 Å². The van der Waals surface area contributed by atoms with Crippen LogP contribution in [0.1, 0.15) is 0 Å². The molecule has 28 heavy (non-hydrogen) atoms. The lowest BCUT2D eigenvalue weighted by atomic mass is 10.0. The SMILES string of the molecule is NNc1ccc(-c2cccnc2Nc2ccc(S(F)(F)(F)(F)F)cc2)cc1N. The van der Waals surface area contributed by atoms with Crippen molar-refractivity contribution in [2.45, 2.75) is 4.90 Å². The number of pyridine rings is 1. The van der Waals surface area contributed by atoms with Crippen LogP contribution in [-0.2, 0) is 0 Å². The first kappa shape index (κ1) is 19.7. The van der Waals surface area contributed by atoms with Gasteiger partial charge in [-0.2, -0.15) is 0 Å². The van der Waals surface area contributed by atoms with Gasteiger partial charge in [0.05, 0.1) is 11.4 Å². The van der Waals surface area contributed by atoms with Gasteiger partial charge in [-0.05, 0) is 54.1 Å². The number of halogens is 5. The molecule has 5 nitrogen and oxygen atoms in total. The summed E-state index contributed by atoms with van der Waals surface area (Å²) in [5.74, 6) is 5.66. The van der Waals surface area contributed by atoms with E-state index in [0.29, 0.717) is 40.5 Å². The molecule has 0 aliphatic carbocycles. The Kier molecular flexibility index (Phi) is 4.20. The first-order valence-electron chi connectivity index (χ1n) is 7.80. The predicted molar refractivity (Wildman–Crippen MR) is 103 cm³/mol. The summed E-state index contributed by atoms with van der Waals surface area (Å²) in [5, 5.41) is 2.83. The van der Waals surface area contributed by atoms with Crippen molar-refractivity contribution in [3.8, 4) is 11.1 Å². The molecule has 0 fully saturated rings. The molecular weight excluding hydrogens is 401 g/mol. The minimum atomic E-state index is -9.71. The van der Waals surface area contributed by atoms with Gasteiger partial charge in [-0.15, -0.1) is 0 Å². The summed E-state index contributed by atoms with van der Waals surface area (Å²) in [5.41, 5.74) is 10.7. The number of nitrogens with two attached hydrogens (primary N) is 2. The Morgan fingerprint density at radius 2 is 1.57 bits per heavy atom. The van der Waals surface area contributed by atoms with Gasteiger partial charge >= 0.3 is 10.2 Å². The summed E-state index contributed by atoms with van der Waals surface area (Å²) in [6, 6.07) is 10.9. The smallest absolute Gasteiger partial charge is 0.310 e. The summed E-state index contributed by atoms with van der Waals surface area (Å²) in [7, 11) is -9.71. The first-order chi connectivity index (χ1) is 12.9. The Morgan fingerprint density at radius 1 is 0.893 bits per heavy atom. The van der Waals surface area contributed by atoms with E-state index in [9.17, 15) is 19.4 Å². The van der Waals surface area contributed by atoms with Crippen LogP contribution in [0.5, 0.6) is 0 Å². The zero-order chi connectivity index (χ0) is 20.6. The average Bonchev–Trinajstić information content (AvgIpc) is 2.60. The predicted octanol–water partition coefficient (Wildman–Crippen LogP) is 6.02. The molecule has 0 saturated carbocycles. The van der Waals surface area contributed by atoms with Gasteiger partial charge in [-0.3, -0.25) is 5.84 Å². The van der Waals surface area contributed by atoms with Crippen LogP contribution in [0.2, 0.25) is 0 Å². The van der Waals surface area contributed by atoms with Gasteiger partial charge in [0.1, 0.15) is 10.7 Å². The fraction of sp³-hybridized carbons (Fsp3) is 0. The number of hydrazine groups is 1. The van der Waals surface area contributed by atoms with Crippen molar-refractivity contribution < 1.29 is 19.4 Å². The lowest BCUT2D eigenvalue weighted by Gasteiger charge is -2.40. The van der Waals surface area contributed by atoms with E-state index in [2.05, 4.69) is 15.7 Å². The molecule has 3 rings (SSSR count). The number of rotatable bonds is 5. The zero-order valence-electron chi connectivity index (χ0n) is 14.2. The fourth-order valence-corrected chi connectivity index (χ4v) is 3.18. The minimum absolute atomic E-state index is 0.166. The molecule has 0 unspecified atom stereocenters. The van der Waals surface area contributed by atoms with E-state index in [1.807, 2.05) is 0 Å². The number of nitrogens with one attached hydrogen (secondary N) is 2. The topological polar surface area (TPSA) is 89.0 Å². The van der Waals surface area contributed by atoms with Gasteiger partial charge < -0.3 is 16.5 Å². The van der Waals surface area contributed by atoms with E-state index < -0.39 is 15.1 Å². The molecule has 6 N–H and O–H groups in total. The summed E-state index contributed by atoms with van der Waals surface area (Å²) in [4.78, 5) is 2.21. The fourth-order valence-electron chi connectivity index (χ4n) is 2.53.